The fourth-order valence-electron chi connectivity index (χ4n) is 2.52. The molecule has 0 unspecified atom stereocenters. The summed E-state index contributed by atoms with van der Waals surface area (Å²) in [6, 6.07) is 7.82. The van der Waals surface area contributed by atoms with E-state index in [0.29, 0.717) is 18.5 Å². The highest BCUT2D eigenvalue weighted by Crippen LogP contribution is 2.16. The number of carbonyl (C=O) groups excluding carboxylic acids is 1. The Balaban J connectivity index is 2.17. The van der Waals surface area contributed by atoms with Crippen molar-refractivity contribution in [3.05, 3.63) is 30.0 Å². The van der Waals surface area contributed by atoms with Crippen LogP contribution in [0.2, 0.25) is 0 Å². The number of para-hydroxylation sites is 1. The average Bonchev–Trinajstić information content (AvgIpc) is 2.58. The van der Waals surface area contributed by atoms with E-state index in [-0.39, 0.29) is 5.91 Å². The maximum absolute atomic E-state index is 11.4. The van der Waals surface area contributed by atoms with Crippen LogP contribution in [0, 0.1) is 6.92 Å². The van der Waals surface area contributed by atoms with Crippen LogP contribution in [-0.2, 0) is 4.79 Å². The number of hydrogen-bond acceptors (Lipinski definition) is 5. The van der Waals surface area contributed by atoms with Gasteiger partial charge in [-0.2, -0.15) is 0 Å². The monoisotopic (exact) mass is 342 g/mol. The zero-order chi connectivity index (χ0) is 18.2. The minimum absolute atomic E-state index is 0.188. The summed E-state index contributed by atoms with van der Waals surface area (Å²) in [5.74, 6) is 0.604. The first-order chi connectivity index (χ1) is 12.0. The topological polar surface area (TPSA) is 82.5 Å². The normalized spacial score (nSPS) is 11.8. The number of guanidine groups is 1. The quantitative estimate of drug-likeness (QED) is 0.621. The van der Waals surface area contributed by atoms with Crippen LogP contribution < -0.4 is 10.6 Å². The van der Waals surface area contributed by atoms with Crippen molar-refractivity contribution in [1.29, 1.82) is 0 Å². The van der Waals surface area contributed by atoms with E-state index in [2.05, 4.69) is 44.3 Å². The molecule has 0 aliphatic carbocycles. The molecule has 2 rings (SSSR count). The van der Waals surface area contributed by atoms with E-state index in [1.165, 1.54) is 6.92 Å². The van der Waals surface area contributed by atoms with E-state index in [0.717, 1.165) is 36.2 Å². The van der Waals surface area contributed by atoms with E-state index >= 15 is 0 Å². The van der Waals surface area contributed by atoms with Gasteiger partial charge < -0.3 is 4.90 Å². The van der Waals surface area contributed by atoms with Crippen LogP contribution >= 0.6 is 0 Å². The Bertz CT molecular complexity index is 754. The largest absolute Gasteiger partial charge is 0.302 e. The molecular weight excluding hydrogens is 316 g/mol. The van der Waals surface area contributed by atoms with Crippen LogP contribution in [0.4, 0.5) is 5.95 Å². The molecule has 0 saturated carbocycles. The van der Waals surface area contributed by atoms with Gasteiger partial charge in [0.05, 0.1) is 17.8 Å². The number of likely N-dealkylation sites (N-methyl/N-ethyl adjacent to an activating group) is 1. The van der Waals surface area contributed by atoms with Crippen molar-refractivity contribution in [3.8, 4) is 0 Å². The highest BCUT2D eigenvalue weighted by molar-refractivity contribution is 6.03. The molecule has 0 fully saturated rings. The molecule has 134 valence electrons. The summed E-state index contributed by atoms with van der Waals surface area (Å²) in [4.78, 5) is 27.1. The van der Waals surface area contributed by atoms with Crippen LogP contribution in [0.5, 0.6) is 0 Å². The van der Waals surface area contributed by atoms with Gasteiger partial charge in [0.1, 0.15) is 0 Å². The maximum atomic E-state index is 11.4. The molecule has 1 aromatic carbocycles. The number of amides is 1. The number of aliphatic imine (C=N–C) groups is 1. The van der Waals surface area contributed by atoms with Gasteiger partial charge in [-0.1, -0.05) is 32.0 Å². The lowest BCUT2D eigenvalue weighted by Gasteiger charge is -2.17. The molecule has 0 aliphatic rings. The molecule has 7 heteroatoms. The van der Waals surface area contributed by atoms with E-state index in [4.69, 9.17) is 0 Å². The lowest BCUT2D eigenvalue weighted by atomic mass is 10.2. The Labute approximate surface area is 148 Å². The first kappa shape index (κ1) is 18.8. The van der Waals surface area contributed by atoms with Crippen molar-refractivity contribution < 1.29 is 4.79 Å². The van der Waals surface area contributed by atoms with E-state index in [1.807, 2.05) is 31.2 Å². The van der Waals surface area contributed by atoms with Gasteiger partial charge >= 0.3 is 0 Å². The van der Waals surface area contributed by atoms with Crippen molar-refractivity contribution in [2.24, 2.45) is 4.99 Å². The molecular formula is C18H26N6O. The zero-order valence-corrected chi connectivity index (χ0v) is 15.3. The van der Waals surface area contributed by atoms with Gasteiger partial charge in [-0.05, 0) is 26.1 Å². The molecule has 25 heavy (non-hydrogen) atoms. The SMILES string of the molecule is CCN(CC)CCN=C(NC(C)=O)Nc1nc(C)c2ccccc2n1. The van der Waals surface area contributed by atoms with Crippen LogP contribution in [-0.4, -0.2) is 52.9 Å². The molecule has 1 heterocycles. The number of nitrogens with zero attached hydrogens (tertiary/aromatic N) is 4. The Hall–Kier alpha value is -2.54. The van der Waals surface area contributed by atoms with Crippen molar-refractivity contribution in [3.63, 3.8) is 0 Å². The first-order valence-electron chi connectivity index (χ1n) is 8.58. The third-order valence-corrected chi connectivity index (χ3v) is 3.90. The van der Waals surface area contributed by atoms with Crippen LogP contribution in [0.25, 0.3) is 10.9 Å². The Morgan fingerprint density at radius 3 is 2.60 bits per heavy atom. The Kier molecular flexibility index (Phi) is 6.82. The number of aromatic nitrogens is 2. The minimum atomic E-state index is -0.188. The zero-order valence-electron chi connectivity index (χ0n) is 15.3. The van der Waals surface area contributed by atoms with Gasteiger partial charge in [-0.15, -0.1) is 0 Å². The summed E-state index contributed by atoms with van der Waals surface area (Å²) in [6.07, 6.45) is 0. The van der Waals surface area contributed by atoms with Gasteiger partial charge in [0, 0.05) is 18.9 Å². The summed E-state index contributed by atoms with van der Waals surface area (Å²) >= 11 is 0. The van der Waals surface area contributed by atoms with Gasteiger partial charge in [-0.3, -0.25) is 20.4 Å². The molecule has 0 aliphatic heterocycles. The van der Waals surface area contributed by atoms with Gasteiger partial charge in [-0.25, -0.2) is 9.97 Å². The lowest BCUT2D eigenvalue weighted by molar-refractivity contribution is -0.117. The first-order valence-corrected chi connectivity index (χ1v) is 8.58. The van der Waals surface area contributed by atoms with E-state index in [9.17, 15) is 4.79 Å². The number of hydrogen-bond donors (Lipinski definition) is 2. The summed E-state index contributed by atoms with van der Waals surface area (Å²) in [6.45, 7) is 11.0. The number of fused-ring (bicyclic) bond motifs is 1. The highest BCUT2D eigenvalue weighted by Gasteiger charge is 2.08. The molecule has 7 nitrogen and oxygen atoms in total. The van der Waals surface area contributed by atoms with Gasteiger partial charge in [0.25, 0.3) is 0 Å². The lowest BCUT2D eigenvalue weighted by Crippen LogP contribution is -2.36. The molecule has 0 spiro atoms. The molecule has 0 atom stereocenters. The number of nitrogens with one attached hydrogen (secondary N) is 2. The molecule has 2 N–H and O–H groups in total. The second kappa shape index (κ2) is 9.08. The van der Waals surface area contributed by atoms with Gasteiger partial charge in [0.2, 0.25) is 17.8 Å². The third kappa shape index (κ3) is 5.49. The van der Waals surface area contributed by atoms with Gasteiger partial charge in [0.15, 0.2) is 0 Å². The van der Waals surface area contributed by atoms with Crippen LogP contribution in [0.15, 0.2) is 29.3 Å². The predicted molar refractivity (Wildman–Crippen MR) is 102 cm³/mol. The summed E-state index contributed by atoms with van der Waals surface area (Å²) in [5, 5.41) is 6.74. The summed E-state index contributed by atoms with van der Waals surface area (Å²) in [7, 11) is 0. The maximum Gasteiger partial charge on any atom is 0.230 e. The number of benzene rings is 1. The standard InChI is InChI=1S/C18H26N6O/c1-5-24(6-2)12-11-19-17(21-14(4)25)23-18-20-13(3)15-9-7-8-10-16(15)22-18/h7-10H,5-6,11-12H2,1-4H3,(H2,19,20,21,22,23,25). The van der Waals surface area contributed by atoms with Crippen molar-refractivity contribution in [2.45, 2.75) is 27.7 Å². The minimum Gasteiger partial charge on any atom is -0.302 e. The average molecular weight is 342 g/mol. The smallest absolute Gasteiger partial charge is 0.230 e. The highest BCUT2D eigenvalue weighted by atomic mass is 16.1. The Morgan fingerprint density at radius 2 is 1.92 bits per heavy atom. The van der Waals surface area contributed by atoms with Crippen molar-refractivity contribution in [1.82, 2.24) is 20.2 Å². The second-order valence-corrected chi connectivity index (χ2v) is 5.71. The molecule has 1 amide bonds. The fraction of sp³-hybridized carbons (Fsp3) is 0.444. The number of aryl methyl sites for hydroxylation is 1. The molecule has 0 radical (unpaired) electrons. The van der Waals surface area contributed by atoms with Crippen LogP contribution in [0.3, 0.4) is 0 Å². The summed E-state index contributed by atoms with van der Waals surface area (Å²) in [5.41, 5.74) is 1.72. The fourth-order valence-corrected chi connectivity index (χ4v) is 2.52. The molecule has 2 aromatic rings. The third-order valence-electron chi connectivity index (χ3n) is 3.90. The number of rotatable bonds is 6. The van der Waals surface area contributed by atoms with Crippen molar-refractivity contribution >= 4 is 28.7 Å². The predicted octanol–water partition coefficient (Wildman–Crippen LogP) is 2.18. The number of carbonyl (C=O) groups is 1. The Morgan fingerprint density at radius 1 is 1.20 bits per heavy atom. The van der Waals surface area contributed by atoms with Crippen molar-refractivity contribution in [2.75, 3.05) is 31.5 Å². The van der Waals surface area contributed by atoms with Crippen LogP contribution in [0.1, 0.15) is 26.5 Å². The van der Waals surface area contributed by atoms with E-state index < -0.39 is 0 Å². The molecule has 0 saturated heterocycles. The van der Waals surface area contributed by atoms with E-state index in [1.54, 1.807) is 0 Å². The second-order valence-electron chi connectivity index (χ2n) is 5.71. The molecule has 1 aromatic heterocycles. The number of anilines is 1. The summed E-state index contributed by atoms with van der Waals surface area (Å²) < 4.78 is 0. The molecule has 0 bridgehead atoms.